The molecule has 5 heteroatoms. The lowest BCUT2D eigenvalue weighted by Gasteiger charge is -2.08. The minimum absolute atomic E-state index is 0.0791. The molecule has 2 aromatic carbocycles. The molecule has 1 N–H and O–H groups in total. The maximum Gasteiger partial charge on any atom is 0.277 e. The number of carbonyl (C=O) groups excluding carboxylic acids is 1. The molecule has 0 bridgehead atoms. The smallest absolute Gasteiger partial charge is 0.277 e. The van der Waals surface area contributed by atoms with Crippen LogP contribution < -0.4 is 14.9 Å². The minimum atomic E-state index is -0.310. The third-order valence-electron chi connectivity index (χ3n) is 3.22. The Hall–Kier alpha value is -2.82. The topological polar surface area (TPSA) is 59.9 Å². The summed E-state index contributed by atoms with van der Waals surface area (Å²) in [6.07, 6.45) is 1.56. The maximum atomic E-state index is 11.7. The van der Waals surface area contributed by atoms with Crippen molar-refractivity contribution in [1.82, 2.24) is 5.43 Å². The van der Waals surface area contributed by atoms with Crippen LogP contribution in [0.25, 0.3) is 0 Å². The number of rotatable bonds is 6. The summed E-state index contributed by atoms with van der Waals surface area (Å²) >= 11 is 0. The molecule has 1 amide bonds. The largest absolute Gasteiger partial charge is 0.497 e. The second kappa shape index (κ2) is 7.98. The quantitative estimate of drug-likeness (QED) is 0.659. The van der Waals surface area contributed by atoms with E-state index in [0.717, 1.165) is 22.4 Å². The highest BCUT2D eigenvalue weighted by Crippen LogP contribution is 2.18. The highest BCUT2D eigenvalue weighted by molar-refractivity contribution is 5.83. The van der Waals surface area contributed by atoms with Crippen LogP contribution in [0.1, 0.15) is 16.7 Å². The third kappa shape index (κ3) is 5.14. The summed E-state index contributed by atoms with van der Waals surface area (Å²) in [6, 6.07) is 13.2. The summed E-state index contributed by atoms with van der Waals surface area (Å²) in [5.41, 5.74) is 5.38. The van der Waals surface area contributed by atoms with E-state index in [9.17, 15) is 4.79 Å². The van der Waals surface area contributed by atoms with Crippen molar-refractivity contribution in [2.24, 2.45) is 5.10 Å². The first-order valence-electron chi connectivity index (χ1n) is 7.24. The Morgan fingerprint density at radius 2 is 1.91 bits per heavy atom. The highest BCUT2D eigenvalue weighted by atomic mass is 16.5. The number of benzene rings is 2. The first-order chi connectivity index (χ1) is 11.1. The minimum Gasteiger partial charge on any atom is -0.497 e. The number of nitrogens with one attached hydrogen (secondary N) is 1. The van der Waals surface area contributed by atoms with E-state index in [1.807, 2.05) is 56.3 Å². The lowest BCUT2D eigenvalue weighted by atomic mass is 10.1. The molecule has 5 nitrogen and oxygen atoms in total. The van der Waals surface area contributed by atoms with E-state index in [-0.39, 0.29) is 12.5 Å². The zero-order chi connectivity index (χ0) is 16.7. The molecule has 0 heterocycles. The van der Waals surface area contributed by atoms with Crippen LogP contribution in [0.3, 0.4) is 0 Å². The van der Waals surface area contributed by atoms with Gasteiger partial charge in [0.05, 0.1) is 13.3 Å². The number of hydrazone groups is 1. The zero-order valence-electron chi connectivity index (χ0n) is 13.5. The monoisotopic (exact) mass is 312 g/mol. The summed E-state index contributed by atoms with van der Waals surface area (Å²) < 4.78 is 10.6. The summed E-state index contributed by atoms with van der Waals surface area (Å²) in [5, 5.41) is 3.90. The molecule has 0 aromatic heterocycles. The van der Waals surface area contributed by atoms with E-state index in [0.29, 0.717) is 5.75 Å². The SMILES string of the molecule is COc1ccc(/C=N\NC(=O)COc2cc(C)ccc2C)cc1. The summed E-state index contributed by atoms with van der Waals surface area (Å²) in [5.74, 6) is 1.17. The molecule has 23 heavy (non-hydrogen) atoms. The Kier molecular flexibility index (Phi) is 5.74. The van der Waals surface area contributed by atoms with Crippen molar-refractivity contribution < 1.29 is 14.3 Å². The molecule has 0 saturated carbocycles. The van der Waals surface area contributed by atoms with Crippen LogP contribution in [0.15, 0.2) is 47.6 Å². The average molecular weight is 312 g/mol. The number of methoxy groups -OCH3 is 1. The molecule has 0 aliphatic carbocycles. The molecule has 0 radical (unpaired) electrons. The van der Waals surface area contributed by atoms with Gasteiger partial charge in [-0.15, -0.1) is 0 Å². The lowest BCUT2D eigenvalue weighted by Crippen LogP contribution is -2.24. The van der Waals surface area contributed by atoms with E-state index in [4.69, 9.17) is 9.47 Å². The Morgan fingerprint density at radius 3 is 2.61 bits per heavy atom. The predicted octanol–water partition coefficient (Wildman–Crippen LogP) is 2.84. The molecule has 0 aliphatic rings. The Balaban J connectivity index is 1.82. The number of amides is 1. The van der Waals surface area contributed by atoms with Gasteiger partial charge in [-0.1, -0.05) is 12.1 Å². The Bertz CT molecular complexity index is 694. The zero-order valence-corrected chi connectivity index (χ0v) is 13.5. The van der Waals surface area contributed by atoms with E-state index >= 15 is 0 Å². The fraction of sp³-hybridized carbons (Fsp3) is 0.222. The van der Waals surface area contributed by atoms with E-state index < -0.39 is 0 Å². The van der Waals surface area contributed by atoms with Crippen molar-refractivity contribution in [3.8, 4) is 11.5 Å². The van der Waals surface area contributed by atoms with Crippen molar-refractivity contribution in [3.63, 3.8) is 0 Å². The summed E-state index contributed by atoms with van der Waals surface area (Å²) in [4.78, 5) is 11.7. The van der Waals surface area contributed by atoms with Gasteiger partial charge in [0.15, 0.2) is 6.61 Å². The average Bonchev–Trinajstić information content (AvgIpc) is 2.56. The fourth-order valence-corrected chi connectivity index (χ4v) is 1.91. The molecule has 0 fully saturated rings. The molecule has 0 saturated heterocycles. The Labute approximate surface area is 135 Å². The van der Waals surface area contributed by atoms with Crippen LogP contribution in [-0.2, 0) is 4.79 Å². The molecule has 0 unspecified atom stereocenters. The molecular weight excluding hydrogens is 292 g/mol. The van der Waals surface area contributed by atoms with E-state index in [1.54, 1.807) is 13.3 Å². The first-order valence-corrected chi connectivity index (χ1v) is 7.24. The van der Waals surface area contributed by atoms with Gasteiger partial charge in [-0.25, -0.2) is 5.43 Å². The van der Waals surface area contributed by atoms with Gasteiger partial charge in [0, 0.05) is 0 Å². The molecule has 0 atom stereocenters. The number of carbonyl (C=O) groups is 1. The number of aryl methyl sites for hydroxylation is 2. The van der Waals surface area contributed by atoms with Crippen LogP contribution in [0.2, 0.25) is 0 Å². The maximum absolute atomic E-state index is 11.7. The summed E-state index contributed by atoms with van der Waals surface area (Å²) in [6.45, 7) is 3.84. The van der Waals surface area contributed by atoms with Gasteiger partial charge < -0.3 is 9.47 Å². The molecule has 2 rings (SSSR count). The van der Waals surface area contributed by atoms with Gasteiger partial charge in [-0.3, -0.25) is 4.79 Å². The number of nitrogens with zero attached hydrogens (tertiary/aromatic N) is 1. The van der Waals surface area contributed by atoms with Crippen LogP contribution in [0, 0.1) is 13.8 Å². The van der Waals surface area contributed by atoms with Gasteiger partial charge in [0.2, 0.25) is 0 Å². The third-order valence-corrected chi connectivity index (χ3v) is 3.22. The number of ether oxygens (including phenoxy) is 2. The molecule has 0 spiro atoms. The van der Waals surface area contributed by atoms with E-state index in [2.05, 4.69) is 10.5 Å². The molecule has 0 aliphatic heterocycles. The summed E-state index contributed by atoms with van der Waals surface area (Å²) in [7, 11) is 1.61. The van der Waals surface area contributed by atoms with Crippen LogP contribution >= 0.6 is 0 Å². The van der Waals surface area contributed by atoms with Crippen molar-refractivity contribution in [2.75, 3.05) is 13.7 Å². The second-order valence-corrected chi connectivity index (χ2v) is 5.12. The van der Waals surface area contributed by atoms with Crippen LogP contribution in [-0.4, -0.2) is 25.8 Å². The standard InChI is InChI=1S/C18H20N2O3/c1-13-4-5-14(2)17(10-13)23-12-18(21)20-19-11-15-6-8-16(22-3)9-7-15/h4-11H,12H2,1-3H3,(H,20,21)/b19-11-. The van der Waals surface area contributed by atoms with Crippen LogP contribution in [0.5, 0.6) is 11.5 Å². The van der Waals surface area contributed by atoms with Gasteiger partial charge in [0.25, 0.3) is 5.91 Å². The molecule has 2 aromatic rings. The van der Waals surface area contributed by atoms with Crippen molar-refractivity contribution in [2.45, 2.75) is 13.8 Å². The Morgan fingerprint density at radius 1 is 1.17 bits per heavy atom. The van der Waals surface area contributed by atoms with Crippen LogP contribution in [0.4, 0.5) is 0 Å². The highest BCUT2D eigenvalue weighted by Gasteiger charge is 2.04. The molecule has 120 valence electrons. The van der Waals surface area contributed by atoms with Gasteiger partial charge in [-0.2, -0.15) is 5.10 Å². The number of hydrogen-bond donors (Lipinski definition) is 1. The fourth-order valence-electron chi connectivity index (χ4n) is 1.91. The first kappa shape index (κ1) is 16.5. The van der Waals surface area contributed by atoms with Gasteiger partial charge in [0.1, 0.15) is 11.5 Å². The lowest BCUT2D eigenvalue weighted by molar-refractivity contribution is -0.123. The molecular formula is C18H20N2O3. The normalized spacial score (nSPS) is 10.6. The van der Waals surface area contributed by atoms with E-state index in [1.165, 1.54) is 0 Å². The second-order valence-electron chi connectivity index (χ2n) is 5.12. The van der Waals surface area contributed by atoms with Gasteiger partial charge >= 0.3 is 0 Å². The van der Waals surface area contributed by atoms with Crippen molar-refractivity contribution >= 4 is 12.1 Å². The van der Waals surface area contributed by atoms with Crippen molar-refractivity contribution in [1.29, 1.82) is 0 Å². The van der Waals surface area contributed by atoms with Gasteiger partial charge in [-0.05, 0) is 60.9 Å². The number of hydrogen-bond acceptors (Lipinski definition) is 4. The van der Waals surface area contributed by atoms with Crippen molar-refractivity contribution in [3.05, 3.63) is 59.2 Å². The predicted molar refractivity (Wildman–Crippen MR) is 90.1 cm³/mol.